The Bertz CT molecular complexity index is 966. The van der Waals surface area contributed by atoms with Crippen molar-refractivity contribution >= 4 is 17.7 Å². The molecule has 6 rings (SSSR count). The van der Waals surface area contributed by atoms with Crippen LogP contribution < -0.4 is 10.1 Å². The number of benzene rings is 1. The number of piperidine rings is 1. The minimum Gasteiger partial charge on any atom is -0.489 e. The summed E-state index contributed by atoms with van der Waals surface area (Å²) in [6, 6.07) is 5.51. The van der Waals surface area contributed by atoms with Crippen LogP contribution in [0.5, 0.6) is 5.75 Å². The van der Waals surface area contributed by atoms with Crippen molar-refractivity contribution in [3.8, 4) is 5.75 Å². The van der Waals surface area contributed by atoms with Crippen LogP contribution in [0.15, 0.2) is 18.2 Å². The second kappa shape index (κ2) is 7.56. The van der Waals surface area contributed by atoms with Gasteiger partial charge in [-0.2, -0.15) is 0 Å². The van der Waals surface area contributed by atoms with E-state index in [1.807, 2.05) is 18.2 Å². The Balaban J connectivity index is 1.14. The van der Waals surface area contributed by atoms with Gasteiger partial charge in [-0.25, -0.2) is 0 Å². The van der Waals surface area contributed by atoms with Crippen molar-refractivity contribution in [2.75, 3.05) is 26.3 Å². The van der Waals surface area contributed by atoms with Gasteiger partial charge in [-0.05, 0) is 49.4 Å². The third kappa shape index (κ3) is 3.31. The second-order valence-corrected chi connectivity index (χ2v) is 10.1. The summed E-state index contributed by atoms with van der Waals surface area (Å²) in [6.45, 7) is 4.38. The lowest BCUT2D eigenvalue weighted by atomic mass is 9.75. The molecule has 5 aliphatic rings. The Hall–Kier alpha value is -2.45. The molecule has 4 aliphatic heterocycles. The quantitative estimate of drug-likeness (QED) is 0.715. The van der Waals surface area contributed by atoms with Crippen molar-refractivity contribution in [1.82, 2.24) is 15.1 Å². The second-order valence-electron chi connectivity index (χ2n) is 10.1. The minimum atomic E-state index is -0.589. The number of carbonyl (C=O) groups excluding carboxylic acids is 3. The maximum atomic E-state index is 12.9. The van der Waals surface area contributed by atoms with Gasteiger partial charge in [-0.15, -0.1) is 0 Å². The molecular weight excluding hydrogens is 410 g/mol. The highest BCUT2D eigenvalue weighted by Gasteiger charge is 2.52. The zero-order valence-corrected chi connectivity index (χ0v) is 18.2. The van der Waals surface area contributed by atoms with Gasteiger partial charge in [0.05, 0.1) is 13.2 Å². The molecule has 0 radical (unpaired) electrons. The zero-order chi connectivity index (χ0) is 21.9. The molecule has 0 bridgehead atoms. The van der Waals surface area contributed by atoms with Gasteiger partial charge >= 0.3 is 0 Å². The number of carbonyl (C=O) groups is 3. The van der Waals surface area contributed by atoms with Crippen LogP contribution in [0.1, 0.15) is 54.4 Å². The largest absolute Gasteiger partial charge is 0.489 e. The summed E-state index contributed by atoms with van der Waals surface area (Å²) >= 11 is 0. The number of imide groups is 1. The third-order valence-electron chi connectivity index (χ3n) is 7.81. The number of nitrogens with one attached hydrogen (secondary N) is 1. The predicted molar refractivity (Wildman–Crippen MR) is 114 cm³/mol. The fraction of sp³-hybridized carbons (Fsp3) is 0.625. The fourth-order valence-corrected chi connectivity index (χ4v) is 6.05. The Morgan fingerprint density at radius 1 is 1.06 bits per heavy atom. The first-order valence-corrected chi connectivity index (χ1v) is 11.8. The third-order valence-corrected chi connectivity index (χ3v) is 7.81. The Kier molecular flexibility index (Phi) is 4.76. The molecule has 0 aromatic heterocycles. The van der Waals surface area contributed by atoms with E-state index in [1.165, 1.54) is 12.8 Å². The van der Waals surface area contributed by atoms with Gasteiger partial charge in [0, 0.05) is 43.1 Å². The molecule has 1 aliphatic carbocycles. The van der Waals surface area contributed by atoms with E-state index in [1.54, 1.807) is 4.90 Å². The normalized spacial score (nSPS) is 31.7. The van der Waals surface area contributed by atoms with Crippen molar-refractivity contribution in [1.29, 1.82) is 0 Å². The van der Waals surface area contributed by atoms with Crippen LogP contribution in [0.4, 0.5) is 0 Å². The van der Waals surface area contributed by atoms with Crippen molar-refractivity contribution in [3.05, 3.63) is 29.3 Å². The van der Waals surface area contributed by atoms with Crippen LogP contribution in [0.2, 0.25) is 0 Å². The maximum absolute atomic E-state index is 12.9. The van der Waals surface area contributed by atoms with E-state index >= 15 is 0 Å². The highest BCUT2D eigenvalue weighted by Crippen LogP contribution is 2.42. The van der Waals surface area contributed by atoms with E-state index in [0.717, 1.165) is 50.5 Å². The lowest BCUT2D eigenvalue weighted by Gasteiger charge is -2.58. The number of amides is 3. The molecule has 8 heteroatoms. The van der Waals surface area contributed by atoms with Crippen molar-refractivity contribution in [2.24, 2.45) is 5.41 Å². The van der Waals surface area contributed by atoms with Crippen LogP contribution in [-0.4, -0.2) is 72.0 Å². The first-order valence-electron chi connectivity index (χ1n) is 11.8. The number of hydrogen-bond acceptors (Lipinski definition) is 6. The Labute approximate surface area is 187 Å². The van der Waals surface area contributed by atoms with Gasteiger partial charge in [-0.1, -0.05) is 6.42 Å². The number of fused-ring (bicyclic) bond motifs is 1. The highest BCUT2D eigenvalue weighted by atomic mass is 16.5. The summed E-state index contributed by atoms with van der Waals surface area (Å²) in [5.74, 6) is -0.00910. The summed E-state index contributed by atoms with van der Waals surface area (Å²) in [4.78, 5) is 40.8. The van der Waals surface area contributed by atoms with E-state index in [9.17, 15) is 14.4 Å². The summed E-state index contributed by atoms with van der Waals surface area (Å²) in [5.41, 5.74) is 1.91. The van der Waals surface area contributed by atoms with E-state index in [-0.39, 0.29) is 30.2 Å². The average molecular weight is 440 g/mol. The van der Waals surface area contributed by atoms with Gasteiger partial charge in [-0.3, -0.25) is 24.6 Å². The molecule has 170 valence electrons. The monoisotopic (exact) mass is 439 g/mol. The molecule has 1 aromatic carbocycles. The fourth-order valence-electron chi connectivity index (χ4n) is 6.05. The molecule has 3 saturated heterocycles. The van der Waals surface area contributed by atoms with Gasteiger partial charge < -0.3 is 14.4 Å². The first-order chi connectivity index (χ1) is 15.5. The van der Waals surface area contributed by atoms with Crippen molar-refractivity contribution in [3.63, 3.8) is 0 Å². The van der Waals surface area contributed by atoms with Crippen molar-refractivity contribution < 1.29 is 23.9 Å². The minimum absolute atomic E-state index is 0.148. The summed E-state index contributed by atoms with van der Waals surface area (Å²) in [6.07, 6.45) is 5.42. The van der Waals surface area contributed by atoms with Gasteiger partial charge in [0.15, 0.2) is 0 Å². The number of rotatable bonds is 4. The topological polar surface area (TPSA) is 88.2 Å². The molecule has 1 aromatic rings. The van der Waals surface area contributed by atoms with Gasteiger partial charge in [0.1, 0.15) is 17.9 Å². The Morgan fingerprint density at radius 3 is 2.62 bits per heavy atom. The summed E-state index contributed by atoms with van der Waals surface area (Å²) in [5, 5.41) is 2.35. The van der Waals surface area contributed by atoms with Crippen LogP contribution in [0, 0.1) is 5.41 Å². The predicted octanol–water partition coefficient (Wildman–Crippen LogP) is 1.47. The van der Waals surface area contributed by atoms with E-state index in [2.05, 4.69) is 10.2 Å². The molecular formula is C24H29N3O5. The number of hydrogen-bond donors (Lipinski definition) is 1. The summed E-state index contributed by atoms with van der Waals surface area (Å²) < 4.78 is 11.9. The zero-order valence-electron chi connectivity index (χ0n) is 18.2. The average Bonchev–Trinajstić information content (AvgIpc) is 3.03. The van der Waals surface area contributed by atoms with Crippen LogP contribution in [-0.2, 0) is 20.9 Å². The number of ether oxygens (including phenoxy) is 2. The molecule has 32 heavy (non-hydrogen) atoms. The lowest BCUT2D eigenvalue weighted by Crippen LogP contribution is -2.70. The highest BCUT2D eigenvalue weighted by molar-refractivity contribution is 6.05. The Morgan fingerprint density at radius 2 is 1.88 bits per heavy atom. The molecule has 1 saturated carbocycles. The molecule has 8 nitrogen and oxygen atoms in total. The lowest BCUT2D eigenvalue weighted by molar-refractivity contribution is -0.207. The molecule has 1 N–H and O–H groups in total. The molecule has 1 unspecified atom stereocenters. The molecule has 1 spiro atoms. The molecule has 3 atom stereocenters. The van der Waals surface area contributed by atoms with E-state index in [4.69, 9.17) is 9.47 Å². The van der Waals surface area contributed by atoms with Crippen LogP contribution >= 0.6 is 0 Å². The molecule has 4 heterocycles. The summed E-state index contributed by atoms with van der Waals surface area (Å²) in [7, 11) is 0. The van der Waals surface area contributed by atoms with E-state index < -0.39 is 6.04 Å². The first kappa shape index (κ1) is 20.2. The van der Waals surface area contributed by atoms with Crippen LogP contribution in [0.25, 0.3) is 0 Å². The smallest absolute Gasteiger partial charge is 0.255 e. The standard InChI is InChI=1S/C24H29N3O5/c28-21-8-7-19(22(29)25-21)27-10-15-9-16(5-6-17(15)23(27)30)32-20-4-2-1-3-18(20)26-11-24(12-26)13-31-14-24/h5-6,9,18-20H,1-4,7-8,10-14H2,(H,25,28,29)/t18-,19?,20-/m1/s1. The van der Waals surface area contributed by atoms with Gasteiger partial charge in [0.2, 0.25) is 11.8 Å². The SMILES string of the molecule is O=C1CCC(N2Cc3cc(O[C@@H]4CCCC[C@H]4N4CC5(COC5)C4)ccc3C2=O)C(=O)N1. The van der Waals surface area contributed by atoms with Crippen molar-refractivity contribution in [2.45, 2.75) is 63.3 Å². The molecule has 4 fully saturated rings. The van der Waals surface area contributed by atoms with Gasteiger partial charge in [0.25, 0.3) is 5.91 Å². The number of likely N-dealkylation sites (tertiary alicyclic amines) is 1. The maximum Gasteiger partial charge on any atom is 0.255 e. The van der Waals surface area contributed by atoms with E-state index in [0.29, 0.717) is 30.0 Å². The van der Waals surface area contributed by atoms with Crippen LogP contribution in [0.3, 0.4) is 0 Å². The molecule has 3 amide bonds. The number of nitrogens with zero attached hydrogens (tertiary/aromatic N) is 2.